The molecule has 2 aromatic rings. The molecular formula is C11H10N2O3. The molecule has 5 nitrogen and oxygen atoms in total. The maximum Gasteiger partial charge on any atom is 0.356 e. The maximum atomic E-state index is 10.8. The second-order valence-corrected chi connectivity index (χ2v) is 3.26. The van der Waals surface area contributed by atoms with Crippen molar-refractivity contribution in [3.63, 3.8) is 0 Å². The summed E-state index contributed by atoms with van der Waals surface area (Å²) < 4.78 is 5.14. The monoisotopic (exact) mass is 218 g/mol. The van der Waals surface area contributed by atoms with Gasteiger partial charge in [-0.3, -0.25) is 0 Å². The fourth-order valence-electron chi connectivity index (χ4n) is 1.53. The van der Waals surface area contributed by atoms with E-state index in [1.807, 2.05) is 0 Å². The number of anilines is 1. The third kappa shape index (κ3) is 1.52. The van der Waals surface area contributed by atoms with E-state index in [4.69, 9.17) is 15.6 Å². The minimum Gasteiger partial charge on any atom is -0.496 e. The molecule has 1 aromatic carbocycles. The molecule has 0 fully saturated rings. The number of nitrogen functional groups attached to an aromatic ring is 1. The van der Waals surface area contributed by atoms with Gasteiger partial charge in [0.1, 0.15) is 5.75 Å². The van der Waals surface area contributed by atoms with E-state index in [1.54, 1.807) is 24.3 Å². The molecule has 5 heteroatoms. The van der Waals surface area contributed by atoms with E-state index in [0.29, 0.717) is 16.7 Å². The Balaban J connectivity index is 2.78. The Morgan fingerprint density at radius 2 is 2.25 bits per heavy atom. The molecule has 82 valence electrons. The van der Waals surface area contributed by atoms with Crippen molar-refractivity contribution in [1.29, 1.82) is 0 Å². The number of fused-ring (bicyclic) bond motifs is 1. The van der Waals surface area contributed by atoms with Crippen LogP contribution < -0.4 is 10.5 Å². The van der Waals surface area contributed by atoms with Gasteiger partial charge in [-0.1, -0.05) is 6.07 Å². The summed E-state index contributed by atoms with van der Waals surface area (Å²) in [6, 6.07) is 6.79. The summed E-state index contributed by atoms with van der Waals surface area (Å²) in [7, 11) is 1.54. The van der Waals surface area contributed by atoms with Crippen molar-refractivity contribution in [2.45, 2.75) is 0 Å². The molecule has 0 radical (unpaired) electrons. The molecule has 0 atom stereocenters. The number of aromatic nitrogens is 1. The van der Waals surface area contributed by atoms with Crippen molar-refractivity contribution in [2.24, 2.45) is 0 Å². The summed E-state index contributed by atoms with van der Waals surface area (Å²) in [5.74, 6) is -0.518. The number of nitrogens with zero attached hydrogens (tertiary/aromatic N) is 1. The van der Waals surface area contributed by atoms with Crippen LogP contribution in [0, 0.1) is 0 Å². The summed E-state index contributed by atoms with van der Waals surface area (Å²) in [6.45, 7) is 0. The average molecular weight is 218 g/mol. The standard InChI is InChI=1S/C11H10N2O3/c1-16-9-4-2-3-8-6(9)5-7(12)10(13-8)11(14)15/h2-5H,12H2,1H3,(H,14,15). The Bertz CT molecular complexity index is 566. The molecule has 1 heterocycles. The topological polar surface area (TPSA) is 85.4 Å². The lowest BCUT2D eigenvalue weighted by molar-refractivity contribution is 0.0692. The minimum absolute atomic E-state index is 0.129. The minimum atomic E-state index is -1.14. The van der Waals surface area contributed by atoms with Crippen molar-refractivity contribution >= 4 is 22.6 Å². The number of carbonyl (C=O) groups is 1. The summed E-state index contributed by atoms with van der Waals surface area (Å²) in [5.41, 5.74) is 6.15. The molecule has 0 saturated heterocycles. The molecule has 0 bridgehead atoms. The van der Waals surface area contributed by atoms with Crippen molar-refractivity contribution in [3.8, 4) is 5.75 Å². The van der Waals surface area contributed by atoms with E-state index in [0.717, 1.165) is 0 Å². The molecule has 0 aliphatic carbocycles. The number of hydrogen-bond donors (Lipinski definition) is 2. The van der Waals surface area contributed by atoms with Crippen molar-refractivity contribution in [2.75, 3.05) is 12.8 Å². The zero-order valence-corrected chi connectivity index (χ0v) is 8.60. The molecule has 0 spiro atoms. The Morgan fingerprint density at radius 1 is 1.50 bits per heavy atom. The van der Waals surface area contributed by atoms with E-state index in [1.165, 1.54) is 7.11 Å². The average Bonchev–Trinajstić information content (AvgIpc) is 2.27. The molecule has 0 aliphatic rings. The molecule has 3 N–H and O–H groups in total. The highest BCUT2D eigenvalue weighted by atomic mass is 16.5. The molecule has 0 amide bonds. The largest absolute Gasteiger partial charge is 0.496 e. The first kappa shape index (κ1) is 10.2. The molecular weight excluding hydrogens is 208 g/mol. The SMILES string of the molecule is COc1cccc2nc(C(=O)O)c(N)cc12. The number of benzene rings is 1. The first-order valence-electron chi connectivity index (χ1n) is 4.60. The number of ether oxygens (including phenoxy) is 1. The maximum absolute atomic E-state index is 10.8. The van der Waals surface area contributed by atoms with Gasteiger partial charge in [0.05, 0.1) is 18.3 Å². The lowest BCUT2D eigenvalue weighted by Crippen LogP contribution is -2.05. The first-order valence-corrected chi connectivity index (χ1v) is 4.60. The second kappa shape index (κ2) is 3.69. The van der Waals surface area contributed by atoms with Crippen LogP contribution in [-0.4, -0.2) is 23.2 Å². The number of rotatable bonds is 2. The summed E-state index contributed by atoms with van der Waals surface area (Å²) >= 11 is 0. The Hall–Kier alpha value is -2.30. The number of hydrogen-bond acceptors (Lipinski definition) is 4. The van der Waals surface area contributed by atoms with Gasteiger partial charge in [-0.2, -0.15) is 0 Å². The normalized spacial score (nSPS) is 10.3. The van der Waals surface area contributed by atoms with Crippen molar-refractivity contribution in [1.82, 2.24) is 4.98 Å². The van der Waals surface area contributed by atoms with Gasteiger partial charge in [0.25, 0.3) is 0 Å². The molecule has 2 rings (SSSR count). The van der Waals surface area contributed by atoms with Crippen LogP contribution in [0.3, 0.4) is 0 Å². The third-order valence-corrected chi connectivity index (χ3v) is 2.27. The zero-order valence-electron chi connectivity index (χ0n) is 8.60. The van der Waals surface area contributed by atoms with Crippen LogP contribution in [0.4, 0.5) is 5.69 Å². The van der Waals surface area contributed by atoms with Crippen molar-refractivity contribution < 1.29 is 14.6 Å². The lowest BCUT2D eigenvalue weighted by Gasteiger charge is -2.07. The molecule has 0 aliphatic heterocycles. The van der Waals surface area contributed by atoms with Gasteiger partial charge < -0.3 is 15.6 Å². The van der Waals surface area contributed by atoms with Crippen LogP contribution in [0.1, 0.15) is 10.5 Å². The lowest BCUT2D eigenvalue weighted by atomic mass is 10.1. The predicted molar refractivity (Wildman–Crippen MR) is 59.7 cm³/mol. The van der Waals surface area contributed by atoms with Crippen LogP contribution in [-0.2, 0) is 0 Å². The Kier molecular flexibility index (Phi) is 2.36. The first-order chi connectivity index (χ1) is 7.63. The summed E-state index contributed by atoms with van der Waals surface area (Å²) in [6.07, 6.45) is 0. The van der Waals surface area contributed by atoms with Gasteiger partial charge in [-0.15, -0.1) is 0 Å². The van der Waals surface area contributed by atoms with Gasteiger partial charge in [0, 0.05) is 5.39 Å². The zero-order chi connectivity index (χ0) is 11.7. The fourth-order valence-corrected chi connectivity index (χ4v) is 1.53. The number of pyridine rings is 1. The number of methoxy groups -OCH3 is 1. The Labute approximate surface area is 91.5 Å². The van der Waals surface area contributed by atoms with Gasteiger partial charge >= 0.3 is 5.97 Å². The van der Waals surface area contributed by atoms with E-state index >= 15 is 0 Å². The number of aromatic carboxylic acids is 1. The second-order valence-electron chi connectivity index (χ2n) is 3.26. The molecule has 16 heavy (non-hydrogen) atoms. The van der Waals surface area contributed by atoms with E-state index < -0.39 is 5.97 Å². The van der Waals surface area contributed by atoms with Gasteiger partial charge in [0.2, 0.25) is 0 Å². The highest BCUT2D eigenvalue weighted by molar-refractivity contribution is 5.97. The van der Waals surface area contributed by atoms with Gasteiger partial charge in [-0.25, -0.2) is 9.78 Å². The number of carboxylic acids is 1. The van der Waals surface area contributed by atoms with Crippen LogP contribution in [0.25, 0.3) is 10.9 Å². The van der Waals surface area contributed by atoms with E-state index in [9.17, 15) is 4.79 Å². The quantitative estimate of drug-likeness (QED) is 0.798. The summed E-state index contributed by atoms with van der Waals surface area (Å²) in [4.78, 5) is 14.8. The smallest absolute Gasteiger partial charge is 0.356 e. The van der Waals surface area contributed by atoms with Crippen molar-refractivity contribution in [3.05, 3.63) is 30.0 Å². The van der Waals surface area contributed by atoms with Gasteiger partial charge in [0.15, 0.2) is 5.69 Å². The third-order valence-electron chi connectivity index (χ3n) is 2.27. The van der Waals surface area contributed by atoms with Crippen LogP contribution in [0.2, 0.25) is 0 Å². The van der Waals surface area contributed by atoms with E-state index in [2.05, 4.69) is 4.98 Å². The highest BCUT2D eigenvalue weighted by Crippen LogP contribution is 2.27. The molecule has 0 unspecified atom stereocenters. The van der Waals surface area contributed by atoms with Crippen LogP contribution in [0.5, 0.6) is 5.75 Å². The fraction of sp³-hybridized carbons (Fsp3) is 0.0909. The summed E-state index contributed by atoms with van der Waals surface area (Å²) in [5, 5.41) is 9.58. The Morgan fingerprint density at radius 3 is 2.88 bits per heavy atom. The predicted octanol–water partition coefficient (Wildman–Crippen LogP) is 1.52. The van der Waals surface area contributed by atoms with Crippen LogP contribution >= 0.6 is 0 Å². The number of nitrogens with two attached hydrogens (primary N) is 1. The van der Waals surface area contributed by atoms with Gasteiger partial charge in [-0.05, 0) is 18.2 Å². The number of carboxylic acid groups (broad SMARTS) is 1. The molecule has 1 aromatic heterocycles. The van der Waals surface area contributed by atoms with Crippen LogP contribution in [0.15, 0.2) is 24.3 Å². The van der Waals surface area contributed by atoms with E-state index in [-0.39, 0.29) is 11.4 Å². The highest BCUT2D eigenvalue weighted by Gasteiger charge is 2.12. The molecule has 0 saturated carbocycles.